The highest BCUT2D eigenvalue weighted by Crippen LogP contribution is 2.33. The Balaban J connectivity index is 3.33. The number of hydrogen-bond donors (Lipinski definition) is 1. The van der Waals surface area contributed by atoms with Crippen molar-refractivity contribution in [2.24, 2.45) is 0 Å². The number of nitrogens with zero attached hydrogens (tertiary/aromatic N) is 1. The lowest BCUT2D eigenvalue weighted by molar-refractivity contribution is -0.385. The number of carbonyl (C=O) groups is 1. The van der Waals surface area contributed by atoms with Crippen molar-refractivity contribution in [1.29, 1.82) is 0 Å². The second kappa shape index (κ2) is 4.26. The molecule has 0 aliphatic heterocycles. The summed E-state index contributed by atoms with van der Waals surface area (Å²) in [6.07, 6.45) is 0. The van der Waals surface area contributed by atoms with E-state index in [4.69, 9.17) is 5.73 Å². The molecule has 0 amide bonds. The van der Waals surface area contributed by atoms with Gasteiger partial charge in [-0.25, -0.2) is 4.79 Å². The van der Waals surface area contributed by atoms with Gasteiger partial charge in [-0.05, 0) is 22.0 Å². The van der Waals surface area contributed by atoms with Gasteiger partial charge < -0.3 is 10.5 Å². The molecule has 0 aromatic heterocycles. The number of anilines is 1. The minimum atomic E-state index is -0.636. The predicted molar refractivity (Wildman–Crippen MR) is 56.5 cm³/mol. The van der Waals surface area contributed by atoms with Gasteiger partial charge in [0.15, 0.2) is 0 Å². The minimum Gasteiger partial charge on any atom is -0.465 e. The zero-order valence-corrected chi connectivity index (χ0v) is 9.28. The van der Waals surface area contributed by atoms with Crippen LogP contribution in [-0.4, -0.2) is 18.0 Å². The van der Waals surface area contributed by atoms with Gasteiger partial charge in [-0.2, -0.15) is 0 Å². The summed E-state index contributed by atoms with van der Waals surface area (Å²) in [4.78, 5) is 21.1. The van der Waals surface area contributed by atoms with Gasteiger partial charge in [0.25, 0.3) is 5.69 Å². The fourth-order valence-electron chi connectivity index (χ4n) is 1.01. The SMILES string of the molecule is COC(=O)c1ccc([N+](=O)[O-])c(Br)c1N. The molecule has 1 aromatic carbocycles. The molecule has 15 heavy (non-hydrogen) atoms. The van der Waals surface area contributed by atoms with Crippen LogP contribution in [0.1, 0.15) is 10.4 Å². The summed E-state index contributed by atoms with van der Waals surface area (Å²) in [7, 11) is 1.21. The largest absolute Gasteiger partial charge is 0.465 e. The standard InChI is InChI=1S/C8H7BrN2O4/c1-15-8(12)4-2-3-5(11(13)14)6(9)7(4)10/h2-3H,10H2,1H3. The normalized spacial score (nSPS) is 9.73. The number of esters is 1. The first-order valence-electron chi connectivity index (χ1n) is 3.79. The van der Waals surface area contributed by atoms with Gasteiger partial charge in [-0.3, -0.25) is 10.1 Å². The van der Waals surface area contributed by atoms with E-state index in [1.54, 1.807) is 0 Å². The predicted octanol–water partition coefficient (Wildman–Crippen LogP) is 1.73. The molecule has 1 aromatic rings. The molecule has 0 aliphatic carbocycles. The highest BCUT2D eigenvalue weighted by molar-refractivity contribution is 9.10. The maximum atomic E-state index is 11.2. The van der Waals surface area contributed by atoms with E-state index in [1.807, 2.05) is 0 Å². The average Bonchev–Trinajstić information content (AvgIpc) is 2.20. The summed E-state index contributed by atoms with van der Waals surface area (Å²) >= 11 is 2.95. The van der Waals surface area contributed by atoms with Gasteiger partial charge in [0.2, 0.25) is 0 Å². The van der Waals surface area contributed by atoms with E-state index in [9.17, 15) is 14.9 Å². The number of nitro groups is 1. The Kier molecular flexibility index (Phi) is 3.25. The van der Waals surface area contributed by atoms with E-state index in [0.717, 1.165) is 0 Å². The highest BCUT2D eigenvalue weighted by Gasteiger charge is 2.20. The van der Waals surface area contributed by atoms with E-state index >= 15 is 0 Å². The van der Waals surface area contributed by atoms with Crippen molar-refractivity contribution in [2.75, 3.05) is 12.8 Å². The number of hydrogen-bond acceptors (Lipinski definition) is 5. The third kappa shape index (κ3) is 2.07. The fourth-order valence-corrected chi connectivity index (χ4v) is 1.50. The number of halogens is 1. The molecule has 6 nitrogen and oxygen atoms in total. The Morgan fingerprint density at radius 2 is 2.20 bits per heavy atom. The zero-order valence-electron chi connectivity index (χ0n) is 7.69. The Morgan fingerprint density at radius 1 is 1.60 bits per heavy atom. The third-order valence-electron chi connectivity index (χ3n) is 1.76. The number of nitrogens with two attached hydrogens (primary N) is 1. The number of nitro benzene ring substituents is 1. The average molecular weight is 275 g/mol. The molecule has 2 N–H and O–H groups in total. The Hall–Kier alpha value is -1.63. The van der Waals surface area contributed by atoms with Crippen molar-refractivity contribution < 1.29 is 14.5 Å². The zero-order chi connectivity index (χ0) is 11.6. The summed E-state index contributed by atoms with van der Waals surface area (Å²) in [6, 6.07) is 2.44. The summed E-state index contributed by atoms with van der Waals surface area (Å²) < 4.78 is 4.54. The van der Waals surface area contributed by atoms with Crippen LogP contribution in [0.25, 0.3) is 0 Å². The molecule has 0 spiro atoms. The van der Waals surface area contributed by atoms with E-state index in [2.05, 4.69) is 20.7 Å². The monoisotopic (exact) mass is 274 g/mol. The number of nitrogen functional groups attached to an aromatic ring is 1. The molecule has 0 aliphatic rings. The van der Waals surface area contributed by atoms with E-state index in [1.165, 1.54) is 19.2 Å². The molecule has 0 saturated heterocycles. The van der Waals surface area contributed by atoms with Gasteiger partial charge in [0, 0.05) is 6.07 Å². The van der Waals surface area contributed by atoms with E-state index in [0.29, 0.717) is 0 Å². The van der Waals surface area contributed by atoms with Crippen LogP contribution in [-0.2, 0) is 4.74 Å². The van der Waals surface area contributed by atoms with Gasteiger partial charge in [-0.15, -0.1) is 0 Å². The second-order valence-corrected chi connectivity index (χ2v) is 3.40. The number of carbonyl (C=O) groups excluding carboxylic acids is 1. The third-order valence-corrected chi connectivity index (χ3v) is 2.59. The van der Waals surface area contributed by atoms with Crippen LogP contribution in [0.2, 0.25) is 0 Å². The first-order chi connectivity index (χ1) is 6.99. The summed E-state index contributed by atoms with van der Waals surface area (Å²) in [6.45, 7) is 0. The molecule has 0 radical (unpaired) electrons. The van der Waals surface area contributed by atoms with Gasteiger partial charge in [-0.1, -0.05) is 0 Å². The molecule has 0 bridgehead atoms. The van der Waals surface area contributed by atoms with Crippen LogP contribution in [0.15, 0.2) is 16.6 Å². The molecular weight excluding hydrogens is 268 g/mol. The van der Waals surface area contributed by atoms with Crippen molar-refractivity contribution >= 4 is 33.3 Å². The molecule has 0 heterocycles. The second-order valence-electron chi connectivity index (χ2n) is 2.61. The van der Waals surface area contributed by atoms with Crippen LogP contribution < -0.4 is 5.73 Å². The van der Waals surface area contributed by atoms with E-state index < -0.39 is 10.9 Å². The number of methoxy groups -OCH3 is 1. The smallest absolute Gasteiger partial charge is 0.340 e. The molecule has 80 valence electrons. The topological polar surface area (TPSA) is 95.5 Å². The minimum absolute atomic E-state index is 0.00366. The van der Waals surface area contributed by atoms with Gasteiger partial charge in [0.05, 0.1) is 23.3 Å². The highest BCUT2D eigenvalue weighted by atomic mass is 79.9. The van der Waals surface area contributed by atoms with Crippen LogP contribution in [0.4, 0.5) is 11.4 Å². The van der Waals surface area contributed by atoms with Gasteiger partial charge in [0.1, 0.15) is 4.47 Å². The first-order valence-corrected chi connectivity index (χ1v) is 4.59. The van der Waals surface area contributed by atoms with Crippen LogP contribution in [0, 0.1) is 10.1 Å². The summed E-state index contributed by atoms with van der Waals surface area (Å²) in [5.74, 6) is -0.636. The first kappa shape index (κ1) is 11.4. The number of rotatable bonds is 2. The molecule has 0 atom stereocenters. The summed E-state index contributed by atoms with van der Waals surface area (Å²) in [5.41, 5.74) is 5.44. The Morgan fingerprint density at radius 3 is 2.67 bits per heavy atom. The quantitative estimate of drug-likeness (QED) is 0.383. The van der Waals surface area contributed by atoms with Crippen LogP contribution in [0.5, 0.6) is 0 Å². The van der Waals surface area contributed by atoms with Crippen LogP contribution in [0.3, 0.4) is 0 Å². The van der Waals surface area contributed by atoms with Crippen molar-refractivity contribution in [1.82, 2.24) is 0 Å². The maximum Gasteiger partial charge on any atom is 0.340 e. The summed E-state index contributed by atoms with van der Waals surface area (Å²) in [5, 5.41) is 10.5. The lowest BCUT2D eigenvalue weighted by Gasteiger charge is -2.05. The number of ether oxygens (including phenoxy) is 1. The lowest BCUT2D eigenvalue weighted by atomic mass is 10.1. The van der Waals surface area contributed by atoms with Crippen molar-refractivity contribution in [2.45, 2.75) is 0 Å². The maximum absolute atomic E-state index is 11.2. The number of benzene rings is 1. The molecule has 0 fully saturated rings. The molecule has 0 saturated carbocycles. The Bertz CT molecular complexity index is 433. The van der Waals surface area contributed by atoms with Gasteiger partial charge >= 0.3 is 5.97 Å². The molecule has 1 rings (SSSR count). The van der Waals surface area contributed by atoms with E-state index in [-0.39, 0.29) is 21.4 Å². The fraction of sp³-hybridized carbons (Fsp3) is 0.125. The molecule has 0 unspecified atom stereocenters. The van der Waals surface area contributed by atoms with Crippen molar-refractivity contribution in [3.05, 3.63) is 32.3 Å². The molecule has 7 heteroatoms. The Labute approximate surface area is 93.3 Å². The lowest BCUT2D eigenvalue weighted by Crippen LogP contribution is -2.07. The van der Waals surface area contributed by atoms with Crippen molar-refractivity contribution in [3.63, 3.8) is 0 Å². The van der Waals surface area contributed by atoms with Crippen molar-refractivity contribution in [3.8, 4) is 0 Å². The van der Waals surface area contributed by atoms with Crippen LogP contribution >= 0.6 is 15.9 Å². The molecular formula is C8H7BrN2O4.